The van der Waals surface area contributed by atoms with Gasteiger partial charge in [0.15, 0.2) is 0 Å². The summed E-state index contributed by atoms with van der Waals surface area (Å²) in [5, 5.41) is 17.6. The maximum Gasteiger partial charge on any atom is 0.261 e. The predicted octanol–water partition coefficient (Wildman–Crippen LogP) is 5.43. The Kier molecular flexibility index (Phi) is 9.91. The van der Waals surface area contributed by atoms with Crippen LogP contribution < -0.4 is 10.1 Å². The van der Waals surface area contributed by atoms with E-state index >= 15 is 0 Å². The van der Waals surface area contributed by atoms with Crippen molar-refractivity contribution in [1.29, 1.82) is 5.26 Å². The van der Waals surface area contributed by atoms with Crippen LogP contribution in [0, 0.1) is 11.3 Å². The fourth-order valence-corrected chi connectivity index (χ4v) is 3.57. The first kappa shape index (κ1) is 26.0. The molecule has 7 nitrogen and oxygen atoms in total. The molecule has 3 rings (SSSR count). The van der Waals surface area contributed by atoms with Crippen molar-refractivity contribution in [2.75, 3.05) is 26.9 Å². The van der Waals surface area contributed by atoms with E-state index in [1.807, 2.05) is 48.5 Å². The molecule has 0 saturated carbocycles. The van der Waals surface area contributed by atoms with Gasteiger partial charge in [0, 0.05) is 37.6 Å². The maximum atomic E-state index is 12.6. The number of hydrogen-bond donors (Lipinski definition) is 1. The number of benzene rings is 2. The minimum absolute atomic E-state index is 0.0121. The van der Waals surface area contributed by atoms with Crippen LogP contribution in [-0.4, -0.2) is 42.6 Å². The lowest BCUT2D eigenvalue weighted by Crippen LogP contribution is -2.26. The van der Waals surface area contributed by atoms with Crippen molar-refractivity contribution < 1.29 is 14.3 Å². The van der Waals surface area contributed by atoms with Gasteiger partial charge in [0.25, 0.3) is 5.91 Å². The Morgan fingerprint density at radius 2 is 2.00 bits per heavy atom. The molecule has 1 heterocycles. The lowest BCUT2D eigenvalue weighted by molar-refractivity contribution is -0.117. The highest BCUT2D eigenvalue weighted by Gasteiger charge is 2.16. The van der Waals surface area contributed by atoms with E-state index in [-0.39, 0.29) is 5.57 Å². The Hall–Kier alpha value is -3.60. The molecule has 0 radical (unpaired) electrons. The summed E-state index contributed by atoms with van der Waals surface area (Å²) in [6, 6.07) is 17.1. The number of nitriles is 1. The van der Waals surface area contributed by atoms with E-state index < -0.39 is 5.91 Å². The van der Waals surface area contributed by atoms with Gasteiger partial charge in [-0.25, -0.2) is 4.68 Å². The van der Waals surface area contributed by atoms with Crippen molar-refractivity contribution in [3.8, 4) is 28.8 Å². The molecule has 35 heavy (non-hydrogen) atoms. The summed E-state index contributed by atoms with van der Waals surface area (Å²) in [5.74, 6) is 0.163. The van der Waals surface area contributed by atoms with Crippen LogP contribution in [0.25, 0.3) is 23.0 Å². The Labute approximate surface area is 210 Å². The van der Waals surface area contributed by atoms with Gasteiger partial charge in [-0.15, -0.1) is 0 Å². The average Bonchev–Trinajstić information content (AvgIpc) is 3.30. The highest BCUT2D eigenvalue weighted by Crippen LogP contribution is 2.32. The van der Waals surface area contributed by atoms with Gasteiger partial charge in [-0.05, 0) is 49.2 Å². The zero-order chi connectivity index (χ0) is 25.0. The van der Waals surface area contributed by atoms with Crippen LogP contribution in [0.2, 0.25) is 5.02 Å². The summed E-state index contributed by atoms with van der Waals surface area (Å²) < 4.78 is 12.5. The van der Waals surface area contributed by atoms with Crippen molar-refractivity contribution in [2.45, 2.75) is 26.2 Å². The minimum atomic E-state index is -0.445. The second kappa shape index (κ2) is 13.3. The first-order chi connectivity index (χ1) is 17.1. The van der Waals surface area contributed by atoms with Crippen molar-refractivity contribution in [2.24, 2.45) is 0 Å². The fourth-order valence-electron chi connectivity index (χ4n) is 3.34. The van der Waals surface area contributed by atoms with Gasteiger partial charge in [0.05, 0.1) is 17.3 Å². The zero-order valence-electron chi connectivity index (χ0n) is 20.0. The molecule has 1 N–H and O–H groups in total. The lowest BCUT2D eigenvalue weighted by atomic mass is 10.1. The second-order valence-corrected chi connectivity index (χ2v) is 8.24. The summed E-state index contributed by atoms with van der Waals surface area (Å²) >= 11 is 6.50. The molecule has 1 amide bonds. The van der Waals surface area contributed by atoms with Gasteiger partial charge >= 0.3 is 0 Å². The number of para-hydroxylation sites is 1. The van der Waals surface area contributed by atoms with Crippen LogP contribution in [0.15, 0.2) is 60.3 Å². The highest BCUT2D eigenvalue weighted by atomic mass is 35.5. The summed E-state index contributed by atoms with van der Waals surface area (Å²) in [6.07, 6.45) is 5.97. The first-order valence-electron chi connectivity index (χ1n) is 11.5. The molecule has 3 aromatic rings. The maximum absolute atomic E-state index is 12.6. The third-order valence-corrected chi connectivity index (χ3v) is 5.50. The number of rotatable bonds is 12. The van der Waals surface area contributed by atoms with E-state index in [0.29, 0.717) is 48.2 Å². The molecule has 0 aliphatic heterocycles. The molecule has 0 aliphatic rings. The van der Waals surface area contributed by atoms with E-state index in [9.17, 15) is 10.1 Å². The van der Waals surface area contributed by atoms with Crippen molar-refractivity contribution >= 4 is 23.6 Å². The third-order valence-electron chi connectivity index (χ3n) is 5.20. The molecule has 0 fully saturated rings. The molecular weight excluding hydrogens is 464 g/mol. The number of nitrogens with zero attached hydrogens (tertiary/aromatic N) is 3. The normalized spacial score (nSPS) is 11.2. The number of amides is 1. The van der Waals surface area contributed by atoms with Gasteiger partial charge in [-0.3, -0.25) is 4.79 Å². The highest BCUT2D eigenvalue weighted by molar-refractivity contribution is 6.32. The van der Waals surface area contributed by atoms with Crippen LogP contribution in [0.3, 0.4) is 0 Å². The van der Waals surface area contributed by atoms with E-state index in [0.717, 1.165) is 24.1 Å². The van der Waals surface area contributed by atoms with Crippen molar-refractivity contribution in [1.82, 2.24) is 15.1 Å². The van der Waals surface area contributed by atoms with Gasteiger partial charge in [-0.2, -0.15) is 10.4 Å². The number of nitrogens with one attached hydrogen (secondary N) is 1. The van der Waals surface area contributed by atoms with Crippen LogP contribution in [0.4, 0.5) is 0 Å². The van der Waals surface area contributed by atoms with Gasteiger partial charge < -0.3 is 14.8 Å². The zero-order valence-corrected chi connectivity index (χ0v) is 20.7. The molecule has 0 aliphatic carbocycles. The molecule has 2 aromatic carbocycles. The first-order valence-corrected chi connectivity index (χ1v) is 11.9. The number of carbonyl (C=O) groups excluding carboxylic acids is 1. The lowest BCUT2D eigenvalue weighted by Gasteiger charge is -2.09. The Morgan fingerprint density at radius 1 is 1.20 bits per heavy atom. The Balaban J connectivity index is 1.97. The molecule has 0 atom stereocenters. The van der Waals surface area contributed by atoms with Crippen LogP contribution in [0.1, 0.15) is 31.7 Å². The molecule has 0 unspecified atom stereocenters. The van der Waals surface area contributed by atoms with E-state index in [4.69, 9.17) is 26.2 Å². The Bertz CT molecular complexity index is 1200. The molecular formula is C27H29ClN4O3. The summed E-state index contributed by atoms with van der Waals surface area (Å²) in [5.41, 5.74) is 2.80. The quantitative estimate of drug-likeness (QED) is 0.207. The predicted molar refractivity (Wildman–Crippen MR) is 138 cm³/mol. The molecule has 0 spiro atoms. The smallest absolute Gasteiger partial charge is 0.261 e. The molecule has 182 valence electrons. The van der Waals surface area contributed by atoms with E-state index in [1.54, 1.807) is 30.1 Å². The average molecular weight is 493 g/mol. The monoisotopic (exact) mass is 492 g/mol. The van der Waals surface area contributed by atoms with E-state index in [2.05, 4.69) is 12.2 Å². The number of methoxy groups -OCH3 is 1. The molecule has 0 bridgehead atoms. The summed E-state index contributed by atoms with van der Waals surface area (Å²) in [6.45, 7) is 3.63. The molecule has 0 saturated heterocycles. The van der Waals surface area contributed by atoms with Crippen LogP contribution in [0.5, 0.6) is 5.75 Å². The van der Waals surface area contributed by atoms with Gasteiger partial charge in [0.2, 0.25) is 0 Å². The van der Waals surface area contributed by atoms with Gasteiger partial charge in [0.1, 0.15) is 23.1 Å². The second-order valence-electron chi connectivity index (χ2n) is 7.83. The SMILES string of the molecule is CCCCOc1ccc(-c2nn(-c3ccccc3)cc2/C=C(/C#N)C(=O)NCCCOC)cc1Cl. The summed E-state index contributed by atoms with van der Waals surface area (Å²) in [7, 11) is 1.60. The third kappa shape index (κ3) is 7.19. The number of unbranched alkanes of at least 4 members (excludes halogenated alkanes) is 1. The van der Waals surface area contributed by atoms with Gasteiger partial charge in [-0.1, -0.05) is 43.1 Å². The standard InChI is InChI=1S/C27H29ClN4O3/c1-3-4-15-35-25-12-11-20(17-24(25)28)26-22(19-32(31-26)23-9-6-5-7-10-23)16-21(18-29)27(33)30-13-8-14-34-2/h5-7,9-12,16-17,19H,3-4,8,13-15H2,1-2H3,(H,30,33)/b21-16-. The van der Waals surface area contributed by atoms with Crippen LogP contribution >= 0.6 is 11.6 Å². The minimum Gasteiger partial charge on any atom is -0.492 e. The molecule has 8 heteroatoms. The Morgan fingerprint density at radius 3 is 2.69 bits per heavy atom. The number of hydrogen-bond acceptors (Lipinski definition) is 5. The van der Waals surface area contributed by atoms with Crippen LogP contribution in [-0.2, 0) is 9.53 Å². The number of ether oxygens (including phenoxy) is 2. The number of halogens is 1. The molecule has 1 aromatic heterocycles. The summed E-state index contributed by atoms with van der Waals surface area (Å²) in [4.78, 5) is 12.6. The van der Waals surface area contributed by atoms with E-state index in [1.165, 1.54) is 0 Å². The van der Waals surface area contributed by atoms with Crippen molar-refractivity contribution in [3.63, 3.8) is 0 Å². The fraction of sp³-hybridized carbons (Fsp3) is 0.296. The number of carbonyl (C=O) groups is 1. The topological polar surface area (TPSA) is 89.2 Å². The van der Waals surface area contributed by atoms with Crippen molar-refractivity contribution in [3.05, 3.63) is 70.9 Å². The number of aromatic nitrogens is 2. The largest absolute Gasteiger partial charge is 0.492 e.